The fourth-order valence-electron chi connectivity index (χ4n) is 2.84. The third-order valence-electron chi connectivity index (χ3n) is 4.72. The Bertz CT molecular complexity index is 470. The van der Waals surface area contributed by atoms with Gasteiger partial charge in [0.05, 0.1) is 6.04 Å². The largest absolute Gasteiger partial charge is 0.464 e. The minimum Gasteiger partial charge on any atom is -0.464 e. The number of aliphatic hydroxyl groups excluding tert-OH is 1. The zero-order valence-corrected chi connectivity index (χ0v) is 13.2. The normalized spacial score (nSPS) is 19.3. The number of furan rings is 1. The van der Waals surface area contributed by atoms with Crippen molar-refractivity contribution in [2.75, 3.05) is 19.7 Å². The number of hydrogen-bond donors (Lipinski definition) is 2. The number of nitrogens with one attached hydrogen (secondary N) is 1. The lowest BCUT2D eigenvalue weighted by Gasteiger charge is -2.40. The summed E-state index contributed by atoms with van der Waals surface area (Å²) in [5.74, 6) is 1.62. The van der Waals surface area contributed by atoms with E-state index in [2.05, 4.69) is 12.2 Å². The molecule has 0 bridgehead atoms. The van der Waals surface area contributed by atoms with Gasteiger partial charge in [0, 0.05) is 19.7 Å². The van der Waals surface area contributed by atoms with Crippen molar-refractivity contribution in [2.24, 2.45) is 5.41 Å². The molecule has 2 heterocycles. The summed E-state index contributed by atoms with van der Waals surface area (Å²) in [5, 5.41) is 12.5. The number of piperidine rings is 1. The smallest absolute Gasteiger partial charge is 0.317 e. The molecule has 1 fully saturated rings. The van der Waals surface area contributed by atoms with E-state index in [1.165, 1.54) is 0 Å². The van der Waals surface area contributed by atoms with Crippen LogP contribution in [-0.2, 0) is 0 Å². The Balaban J connectivity index is 1.87. The number of nitrogens with zero attached hydrogens (tertiary/aromatic N) is 1. The number of aliphatic hydroxyl groups is 1. The van der Waals surface area contributed by atoms with Crippen molar-refractivity contribution >= 4 is 6.03 Å². The maximum Gasteiger partial charge on any atom is 0.317 e. The van der Waals surface area contributed by atoms with Crippen molar-refractivity contribution in [3.8, 4) is 0 Å². The Morgan fingerprint density at radius 2 is 2.14 bits per heavy atom. The van der Waals surface area contributed by atoms with Gasteiger partial charge in [0.1, 0.15) is 11.5 Å². The zero-order chi connectivity index (χ0) is 15.5. The van der Waals surface area contributed by atoms with Gasteiger partial charge in [0.2, 0.25) is 0 Å². The molecule has 21 heavy (non-hydrogen) atoms. The van der Waals surface area contributed by atoms with Gasteiger partial charge in [-0.25, -0.2) is 4.79 Å². The minimum absolute atomic E-state index is 0.000515. The third kappa shape index (κ3) is 3.59. The molecule has 1 aliphatic heterocycles. The van der Waals surface area contributed by atoms with E-state index in [0.29, 0.717) is 13.1 Å². The quantitative estimate of drug-likeness (QED) is 0.897. The van der Waals surface area contributed by atoms with E-state index in [9.17, 15) is 9.90 Å². The summed E-state index contributed by atoms with van der Waals surface area (Å²) < 4.78 is 5.54. The molecule has 2 N–H and O–H groups in total. The van der Waals surface area contributed by atoms with Gasteiger partial charge in [0.25, 0.3) is 0 Å². The predicted molar refractivity (Wildman–Crippen MR) is 81.0 cm³/mol. The minimum atomic E-state index is -0.137. The molecule has 1 aromatic rings. The highest BCUT2D eigenvalue weighted by Crippen LogP contribution is 2.34. The Morgan fingerprint density at radius 3 is 2.62 bits per heavy atom. The summed E-state index contributed by atoms with van der Waals surface area (Å²) in [7, 11) is 0. The van der Waals surface area contributed by atoms with E-state index in [1.54, 1.807) is 0 Å². The molecule has 1 aliphatic rings. The van der Waals surface area contributed by atoms with Crippen molar-refractivity contribution < 1.29 is 14.3 Å². The predicted octanol–water partition coefficient (Wildman–Crippen LogP) is 2.84. The zero-order valence-electron chi connectivity index (χ0n) is 13.2. The van der Waals surface area contributed by atoms with Gasteiger partial charge in [-0.15, -0.1) is 0 Å². The van der Waals surface area contributed by atoms with Crippen molar-refractivity contribution in [1.82, 2.24) is 10.2 Å². The second kappa shape index (κ2) is 6.52. The van der Waals surface area contributed by atoms with Gasteiger partial charge in [0.15, 0.2) is 0 Å². The Hall–Kier alpha value is -1.49. The number of aryl methyl sites for hydroxylation is 1. The summed E-state index contributed by atoms with van der Waals surface area (Å²) in [6.45, 7) is 7.52. The van der Waals surface area contributed by atoms with Crippen LogP contribution in [0.25, 0.3) is 0 Å². The molecule has 5 heteroatoms. The first-order valence-electron chi connectivity index (χ1n) is 7.72. The maximum atomic E-state index is 12.3. The molecule has 2 rings (SSSR count). The number of urea groups is 1. The van der Waals surface area contributed by atoms with Gasteiger partial charge in [-0.1, -0.05) is 6.92 Å². The van der Waals surface area contributed by atoms with Crippen LogP contribution in [0, 0.1) is 12.3 Å². The fraction of sp³-hybridized carbons (Fsp3) is 0.688. The number of amides is 2. The highest BCUT2D eigenvalue weighted by molar-refractivity contribution is 5.74. The topological polar surface area (TPSA) is 65.7 Å². The second-order valence-corrected chi connectivity index (χ2v) is 6.12. The molecular weight excluding hydrogens is 268 g/mol. The lowest BCUT2D eigenvalue weighted by atomic mass is 9.77. The summed E-state index contributed by atoms with van der Waals surface area (Å²) in [6.07, 6.45) is 2.68. The molecular formula is C16H26N2O3. The summed E-state index contributed by atoms with van der Waals surface area (Å²) in [6, 6.07) is 3.60. The van der Waals surface area contributed by atoms with Crippen molar-refractivity contribution in [1.29, 1.82) is 0 Å². The van der Waals surface area contributed by atoms with Gasteiger partial charge < -0.3 is 19.7 Å². The molecule has 1 unspecified atom stereocenters. The van der Waals surface area contributed by atoms with E-state index >= 15 is 0 Å². The highest BCUT2D eigenvalue weighted by Gasteiger charge is 2.34. The summed E-state index contributed by atoms with van der Waals surface area (Å²) >= 11 is 0. The van der Waals surface area contributed by atoms with Crippen LogP contribution in [0.2, 0.25) is 0 Å². The molecule has 0 aliphatic carbocycles. The molecule has 1 saturated heterocycles. The van der Waals surface area contributed by atoms with Crippen LogP contribution < -0.4 is 5.32 Å². The fourth-order valence-corrected chi connectivity index (χ4v) is 2.84. The molecule has 0 radical (unpaired) electrons. The second-order valence-electron chi connectivity index (χ2n) is 6.12. The molecule has 5 nitrogen and oxygen atoms in total. The van der Waals surface area contributed by atoms with Crippen LogP contribution >= 0.6 is 0 Å². The maximum absolute atomic E-state index is 12.3. The first-order chi connectivity index (χ1) is 9.99. The molecule has 0 spiro atoms. The van der Waals surface area contributed by atoms with Crippen molar-refractivity contribution in [3.05, 3.63) is 23.7 Å². The van der Waals surface area contributed by atoms with E-state index < -0.39 is 0 Å². The van der Waals surface area contributed by atoms with Crippen molar-refractivity contribution in [3.63, 3.8) is 0 Å². The number of hydrogen-bond acceptors (Lipinski definition) is 3. The number of rotatable bonds is 4. The van der Waals surface area contributed by atoms with Crippen LogP contribution in [0.3, 0.4) is 0 Å². The van der Waals surface area contributed by atoms with E-state index in [1.807, 2.05) is 30.9 Å². The van der Waals surface area contributed by atoms with Crippen LogP contribution in [0.5, 0.6) is 0 Å². The van der Waals surface area contributed by atoms with E-state index in [4.69, 9.17) is 4.42 Å². The highest BCUT2D eigenvalue weighted by atomic mass is 16.3. The van der Waals surface area contributed by atoms with Crippen LogP contribution in [0.1, 0.15) is 50.7 Å². The standard InChI is InChI=1S/C16H26N2O3/c1-4-16(11-19)7-9-18(10-8-16)15(20)17-13(3)14-6-5-12(2)21-14/h5-6,13,19H,4,7-11H2,1-3H3,(H,17,20). The average molecular weight is 294 g/mol. The molecule has 2 amide bonds. The van der Waals surface area contributed by atoms with E-state index in [0.717, 1.165) is 30.8 Å². The molecule has 1 atom stereocenters. The van der Waals surface area contributed by atoms with E-state index in [-0.39, 0.29) is 24.1 Å². The Labute approximate surface area is 126 Å². The summed E-state index contributed by atoms with van der Waals surface area (Å²) in [4.78, 5) is 14.1. The number of carbonyl (C=O) groups excluding carboxylic acids is 1. The lowest BCUT2D eigenvalue weighted by molar-refractivity contribution is 0.0514. The lowest BCUT2D eigenvalue weighted by Crippen LogP contribution is -2.48. The van der Waals surface area contributed by atoms with Crippen LogP contribution in [0.15, 0.2) is 16.5 Å². The van der Waals surface area contributed by atoms with Gasteiger partial charge in [-0.05, 0) is 50.7 Å². The third-order valence-corrected chi connectivity index (χ3v) is 4.72. The average Bonchev–Trinajstić information content (AvgIpc) is 2.94. The number of carbonyl (C=O) groups is 1. The SMILES string of the molecule is CCC1(CO)CCN(C(=O)NC(C)c2ccc(C)o2)CC1. The van der Waals surface area contributed by atoms with Gasteiger partial charge in [-0.2, -0.15) is 0 Å². The molecule has 0 saturated carbocycles. The number of likely N-dealkylation sites (tertiary alicyclic amines) is 1. The molecule has 118 valence electrons. The van der Waals surface area contributed by atoms with Crippen LogP contribution in [-0.4, -0.2) is 35.7 Å². The molecule has 1 aromatic heterocycles. The monoisotopic (exact) mass is 294 g/mol. The summed E-state index contributed by atoms with van der Waals surface area (Å²) in [5.41, 5.74) is 0.000515. The molecule has 0 aromatic carbocycles. The first kappa shape index (κ1) is 15.9. The van der Waals surface area contributed by atoms with Crippen molar-refractivity contribution in [2.45, 2.75) is 46.1 Å². The van der Waals surface area contributed by atoms with Gasteiger partial charge >= 0.3 is 6.03 Å². The Kier molecular flexibility index (Phi) is 4.93. The first-order valence-corrected chi connectivity index (χ1v) is 7.72. The van der Waals surface area contributed by atoms with Crippen LogP contribution in [0.4, 0.5) is 4.79 Å². The Morgan fingerprint density at radius 1 is 1.48 bits per heavy atom. The van der Waals surface area contributed by atoms with Gasteiger partial charge in [-0.3, -0.25) is 0 Å².